The lowest BCUT2D eigenvalue weighted by Gasteiger charge is -1.83. The van der Waals surface area contributed by atoms with Gasteiger partial charge in [0.05, 0.1) is 5.69 Å². The molecular formula is C7H8BNO3. The highest BCUT2D eigenvalue weighted by Crippen LogP contribution is 2.06. The van der Waals surface area contributed by atoms with E-state index < -0.39 is 7.69 Å². The summed E-state index contributed by atoms with van der Waals surface area (Å²) in [5.74, 6) is 0. The number of isocyanates is 1. The van der Waals surface area contributed by atoms with E-state index in [1.807, 2.05) is 18.2 Å². The topological polar surface area (TPSA) is 69.9 Å². The summed E-state index contributed by atoms with van der Waals surface area (Å²) in [6.45, 7) is 0. The van der Waals surface area contributed by atoms with E-state index >= 15 is 0 Å². The third-order valence-electron chi connectivity index (χ3n) is 0.931. The summed E-state index contributed by atoms with van der Waals surface area (Å²) in [6, 6.07) is 8.98. The summed E-state index contributed by atoms with van der Waals surface area (Å²) in [5.41, 5.74) is 0.646. The molecule has 0 aliphatic rings. The minimum Gasteiger partial charge on any atom is -0.430 e. The van der Waals surface area contributed by atoms with Gasteiger partial charge in [-0.05, 0) is 12.1 Å². The Morgan fingerprint density at radius 3 is 2.17 bits per heavy atom. The largest absolute Gasteiger partial charge is 0.432 e. The Balaban J connectivity index is 0.000000354. The molecule has 1 aromatic carbocycles. The molecule has 0 aliphatic heterocycles. The molecule has 0 saturated heterocycles. The lowest BCUT2D eigenvalue weighted by atomic mass is 10.3. The Morgan fingerprint density at radius 2 is 1.75 bits per heavy atom. The van der Waals surface area contributed by atoms with Crippen LogP contribution < -0.4 is 0 Å². The zero-order valence-corrected chi connectivity index (χ0v) is 6.34. The Bertz CT molecular complexity index is 246. The fourth-order valence-electron chi connectivity index (χ4n) is 0.555. The maximum absolute atomic E-state index is 9.68. The van der Waals surface area contributed by atoms with Crippen molar-refractivity contribution in [1.29, 1.82) is 0 Å². The molecule has 62 valence electrons. The Labute approximate surface area is 70.5 Å². The molecule has 0 saturated carbocycles. The average molecular weight is 165 g/mol. The molecule has 12 heavy (non-hydrogen) atoms. The molecule has 0 heterocycles. The van der Waals surface area contributed by atoms with Crippen LogP contribution in [0.25, 0.3) is 0 Å². The first kappa shape index (κ1) is 10.6. The third-order valence-corrected chi connectivity index (χ3v) is 0.931. The summed E-state index contributed by atoms with van der Waals surface area (Å²) < 4.78 is 0. The number of benzene rings is 1. The molecule has 0 radical (unpaired) electrons. The Kier molecular flexibility index (Phi) is 6.78. The lowest BCUT2D eigenvalue weighted by molar-refractivity contribution is 0.448. The van der Waals surface area contributed by atoms with Crippen LogP contribution in [-0.4, -0.2) is 23.8 Å². The summed E-state index contributed by atoms with van der Waals surface area (Å²) >= 11 is 0. The first-order chi connectivity index (χ1) is 5.85. The average Bonchev–Trinajstić information content (AvgIpc) is 2.08. The van der Waals surface area contributed by atoms with Gasteiger partial charge in [0.15, 0.2) is 0 Å². The van der Waals surface area contributed by atoms with Crippen molar-refractivity contribution in [2.75, 3.05) is 0 Å². The second-order valence-electron chi connectivity index (χ2n) is 1.68. The van der Waals surface area contributed by atoms with Crippen molar-refractivity contribution in [2.24, 2.45) is 4.99 Å². The minimum absolute atomic E-state index is 0.646. The molecule has 0 aliphatic carbocycles. The molecule has 0 bridgehead atoms. The van der Waals surface area contributed by atoms with Gasteiger partial charge in [-0.15, -0.1) is 0 Å². The van der Waals surface area contributed by atoms with Crippen LogP contribution in [-0.2, 0) is 4.79 Å². The van der Waals surface area contributed by atoms with Crippen LogP contribution in [0.4, 0.5) is 5.69 Å². The molecule has 0 aromatic heterocycles. The second kappa shape index (κ2) is 7.69. The van der Waals surface area contributed by atoms with Gasteiger partial charge in [0.1, 0.15) is 0 Å². The standard InChI is InChI=1S/C7H5NO.BH3O2/c9-6-8-7-4-2-1-3-5-7;2-1-3/h1-5H;1-3H. The van der Waals surface area contributed by atoms with Crippen LogP contribution >= 0.6 is 0 Å². The van der Waals surface area contributed by atoms with E-state index in [4.69, 9.17) is 10.0 Å². The molecule has 4 nitrogen and oxygen atoms in total. The number of hydrogen-bond donors (Lipinski definition) is 2. The van der Waals surface area contributed by atoms with Crippen LogP contribution in [0.5, 0.6) is 0 Å². The molecule has 1 aromatic rings. The first-order valence-corrected chi connectivity index (χ1v) is 3.19. The van der Waals surface area contributed by atoms with Crippen molar-refractivity contribution in [3.63, 3.8) is 0 Å². The molecule has 0 unspecified atom stereocenters. The monoisotopic (exact) mass is 165 g/mol. The summed E-state index contributed by atoms with van der Waals surface area (Å²) in [5, 5.41) is 14.2. The highest BCUT2D eigenvalue weighted by atomic mass is 16.4. The number of para-hydroxylation sites is 1. The zero-order chi connectivity index (χ0) is 9.23. The van der Waals surface area contributed by atoms with E-state index in [1.165, 1.54) is 6.08 Å². The van der Waals surface area contributed by atoms with Crippen molar-refractivity contribution >= 4 is 19.5 Å². The quantitative estimate of drug-likeness (QED) is 0.346. The van der Waals surface area contributed by atoms with Gasteiger partial charge >= 0.3 is 7.69 Å². The predicted octanol–water partition coefficient (Wildman–Crippen LogP) is -0.109. The van der Waals surface area contributed by atoms with Crippen molar-refractivity contribution < 1.29 is 14.8 Å². The maximum Gasteiger partial charge on any atom is 0.432 e. The zero-order valence-electron chi connectivity index (χ0n) is 6.34. The highest BCUT2D eigenvalue weighted by Gasteiger charge is 1.79. The maximum atomic E-state index is 9.68. The van der Waals surface area contributed by atoms with E-state index in [1.54, 1.807) is 12.1 Å². The van der Waals surface area contributed by atoms with Crippen molar-refractivity contribution in [2.45, 2.75) is 0 Å². The molecule has 0 spiro atoms. The van der Waals surface area contributed by atoms with Gasteiger partial charge in [-0.1, -0.05) is 18.2 Å². The van der Waals surface area contributed by atoms with Crippen LogP contribution in [0.2, 0.25) is 0 Å². The van der Waals surface area contributed by atoms with Crippen molar-refractivity contribution in [3.05, 3.63) is 30.3 Å². The minimum atomic E-state index is -0.750. The van der Waals surface area contributed by atoms with Crippen LogP contribution in [0.1, 0.15) is 0 Å². The van der Waals surface area contributed by atoms with Crippen molar-refractivity contribution in [1.82, 2.24) is 0 Å². The summed E-state index contributed by atoms with van der Waals surface area (Å²) in [6.07, 6.45) is 1.46. The number of rotatable bonds is 1. The number of aliphatic imine (C=N–C) groups is 1. The first-order valence-electron chi connectivity index (χ1n) is 3.19. The highest BCUT2D eigenvalue weighted by molar-refractivity contribution is 6.13. The van der Waals surface area contributed by atoms with E-state index in [0.29, 0.717) is 5.69 Å². The van der Waals surface area contributed by atoms with E-state index in [2.05, 4.69) is 4.99 Å². The molecule has 5 heteroatoms. The molecule has 0 amide bonds. The Morgan fingerprint density at radius 1 is 1.25 bits per heavy atom. The van der Waals surface area contributed by atoms with Crippen LogP contribution in [0.15, 0.2) is 35.3 Å². The second-order valence-corrected chi connectivity index (χ2v) is 1.68. The van der Waals surface area contributed by atoms with Gasteiger partial charge in [-0.2, -0.15) is 4.99 Å². The third kappa shape index (κ3) is 5.38. The smallest absolute Gasteiger partial charge is 0.430 e. The van der Waals surface area contributed by atoms with Crippen LogP contribution in [0.3, 0.4) is 0 Å². The van der Waals surface area contributed by atoms with Gasteiger partial charge in [0.25, 0.3) is 0 Å². The number of carbonyl (C=O) groups excluding carboxylic acids is 1. The SMILES string of the molecule is O=C=Nc1ccccc1.OBO. The number of hydrogen-bond acceptors (Lipinski definition) is 4. The van der Waals surface area contributed by atoms with E-state index in [-0.39, 0.29) is 0 Å². The van der Waals surface area contributed by atoms with Gasteiger partial charge in [-0.3, -0.25) is 0 Å². The fraction of sp³-hybridized carbons (Fsp3) is 0. The van der Waals surface area contributed by atoms with E-state index in [0.717, 1.165) is 0 Å². The lowest BCUT2D eigenvalue weighted by Crippen LogP contribution is -1.75. The fourth-order valence-corrected chi connectivity index (χ4v) is 0.555. The molecular weight excluding hydrogens is 157 g/mol. The van der Waals surface area contributed by atoms with Gasteiger partial charge in [0, 0.05) is 0 Å². The van der Waals surface area contributed by atoms with E-state index in [9.17, 15) is 4.79 Å². The molecule has 1 rings (SSSR count). The molecule has 0 fully saturated rings. The normalized spacial score (nSPS) is 7.17. The van der Waals surface area contributed by atoms with Gasteiger partial charge in [0.2, 0.25) is 6.08 Å². The summed E-state index contributed by atoms with van der Waals surface area (Å²) in [4.78, 5) is 13.1. The van der Waals surface area contributed by atoms with Gasteiger partial charge < -0.3 is 10.0 Å². The Hall–Kier alpha value is -1.42. The molecule has 0 atom stereocenters. The van der Waals surface area contributed by atoms with Gasteiger partial charge in [-0.25, -0.2) is 4.79 Å². The van der Waals surface area contributed by atoms with Crippen LogP contribution in [0, 0.1) is 0 Å². The van der Waals surface area contributed by atoms with Crippen molar-refractivity contribution in [3.8, 4) is 0 Å². The summed E-state index contributed by atoms with van der Waals surface area (Å²) in [7, 11) is -0.750. The predicted molar refractivity (Wildman–Crippen MR) is 45.8 cm³/mol. The molecule has 2 N–H and O–H groups in total. The number of nitrogens with zero attached hydrogens (tertiary/aromatic N) is 1.